The Labute approximate surface area is 124 Å². The summed E-state index contributed by atoms with van der Waals surface area (Å²) in [4.78, 5) is 13.5. The predicted octanol–water partition coefficient (Wildman–Crippen LogP) is 3.43. The lowest BCUT2D eigenvalue weighted by molar-refractivity contribution is -0.144. The molecule has 4 heteroatoms. The van der Waals surface area contributed by atoms with Crippen molar-refractivity contribution < 1.29 is 14.3 Å². The van der Waals surface area contributed by atoms with Crippen molar-refractivity contribution in [3.63, 3.8) is 0 Å². The van der Waals surface area contributed by atoms with Crippen LogP contribution >= 0.6 is 0 Å². The van der Waals surface area contributed by atoms with E-state index in [1.165, 1.54) is 10.9 Å². The maximum Gasteiger partial charge on any atom is 0.306 e. The summed E-state index contributed by atoms with van der Waals surface area (Å²) in [5.41, 5.74) is 2.16. The Balaban J connectivity index is 1.80. The summed E-state index contributed by atoms with van der Waals surface area (Å²) in [5.74, 6) is 0.105. The van der Waals surface area contributed by atoms with E-state index in [0.29, 0.717) is 0 Å². The first-order valence-electron chi connectivity index (χ1n) is 7.50. The van der Waals surface area contributed by atoms with Crippen molar-refractivity contribution in [2.24, 2.45) is 5.92 Å². The van der Waals surface area contributed by atoms with Gasteiger partial charge in [0.2, 0.25) is 0 Å². The van der Waals surface area contributed by atoms with Gasteiger partial charge in [0.25, 0.3) is 0 Å². The number of hydrogen-bond donors (Lipinski definition) is 1. The van der Waals surface area contributed by atoms with Gasteiger partial charge < -0.3 is 9.52 Å². The number of carboxylic acids is 1. The fourth-order valence-electron chi connectivity index (χ4n) is 3.30. The topological polar surface area (TPSA) is 53.7 Å². The first kappa shape index (κ1) is 14.1. The number of hydrogen-bond acceptors (Lipinski definition) is 3. The van der Waals surface area contributed by atoms with E-state index in [9.17, 15) is 4.79 Å². The molecule has 21 heavy (non-hydrogen) atoms. The molecule has 0 bridgehead atoms. The van der Waals surface area contributed by atoms with Gasteiger partial charge >= 0.3 is 5.97 Å². The molecule has 1 saturated heterocycles. The predicted molar refractivity (Wildman–Crippen MR) is 81.2 cm³/mol. The molecule has 0 radical (unpaired) electrons. The highest BCUT2D eigenvalue weighted by Gasteiger charge is 2.30. The van der Waals surface area contributed by atoms with Gasteiger partial charge in [-0.2, -0.15) is 0 Å². The van der Waals surface area contributed by atoms with Crippen molar-refractivity contribution in [3.8, 4) is 0 Å². The molecule has 112 valence electrons. The van der Waals surface area contributed by atoms with Crippen LogP contribution < -0.4 is 0 Å². The zero-order valence-electron chi connectivity index (χ0n) is 12.5. The second-order valence-corrected chi connectivity index (χ2v) is 6.01. The summed E-state index contributed by atoms with van der Waals surface area (Å²) < 4.78 is 5.81. The molecular formula is C17H21NO3. The van der Waals surface area contributed by atoms with Crippen molar-refractivity contribution >= 4 is 16.9 Å². The first-order chi connectivity index (χ1) is 10.1. The molecule has 2 unspecified atom stereocenters. The Morgan fingerprint density at radius 1 is 1.43 bits per heavy atom. The van der Waals surface area contributed by atoms with E-state index in [1.54, 1.807) is 0 Å². The van der Waals surface area contributed by atoms with E-state index in [4.69, 9.17) is 9.52 Å². The second kappa shape index (κ2) is 5.53. The molecular weight excluding hydrogens is 266 g/mol. The Morgan fingerprint density at radius 2 is 2.19 bits per heavy atom. The van der Waals surface area contributed by atoms with Crippen LogP contribution in [0.2, 0.25) is 0 Å². The van der Waals surface area contributed by atoms with Crippen LogP contribution in [0.4, 0.5) is 0 Å². The maximum atomic E-state index is 11.1. The Hall–Kier alpha value is -1.81. The number of furan rings is 1. The Morgan fingerprint density at radius 3 is 2.90 bits per heavy atom. The fourth-order valence-corrected chi connectivity index (χ4v) is 3.30. The lowest BCUT2D eigenvalue weighted by atomic mass is 9.91. The average Bonchev–Trinajstić information content (AvgIpc) is 2.77. The van der Waals surface area contributed by atoms with Gasteiger partial charge in [0.05, 0.1) is 5.92 Å². The highest BCUT2D eigenvalue weighted by atomic mass is 16.4. The summed E-state index contributed by atoms with van der Waals surface area (Å²) in [6.45, 7) is 5.78. The first-order valence-corrected chi connectivity index (χ1v) is 7.50. The highest BCUT2D eigenvalue weighted by molar-refractivity contribution is 5.82. The number of nitrogens with zero attached hydrogens (tertiary/aromatic N) is 1. The van der Waals surface area contributed by atoms with Crippen LogP contribution in [-0.4, -0.2) is 28.6 Å². The number of carbonyl (C=O) groups is 1. The minimum Gasteiger partial charge on any atom is -0.481 e. The average molecular weight is 287 g/mol. The number of fused-ring (bicyclic) bond motifs is 1. The zero-order chi connectivity index (χ0) is 15.0. The van der Waals surface area contributed by atoms with Crippen LogP contribution in [0.1, 0.15) is 31.1 Å². The number of likely N-dealkylation sites (tertiary alicyclic amines) is 1. The normalized spacial score (nSPS) is 23.5. The molecule has 0 saturated carbocycles. The van der Waals surface area contributed by atoms with Gasteiger partial charge in [0, 0.05) is 23.5 Å². The molecule has 0 spiro atoms. The van der Waals surface area contributed by atoms with Gasteiger partial charge in [0.1, 0.15) is 11.3 Å². The largest absolute Gasteiger partial charge is 0.481 e. The van der Waals surface area contributed by atoms with Crippen LogP contribution in [-0.2, 0) is 11.3 Å². The number of carboxylic acid groups (broad SMARTS) is 1. The molecule has 0 aliphatic carbocycles. The molecule has 2 atom stereocenters. The Bertz CT molecular complexity index is 661. The van der Waals surface area contributed by atoms with Crippen molar-refractivity contribution in [3.05, 3.63) is 35.6 Å². The summed E-state index contributed by atoms with van der Waals surface area (Å²) >= 11 is 0. The maximum absolute atomic E-state index is 11.1. The molecule has 1 aliphatic heterocycles. The fraction of sp³-hybridized carbons (Fsp3) is 0.471. The molecule has 1 fully saturated rings. The van der Waals surface area contributed by atoms with Gasteiger partial charge in [0.15, 0.2) is 0 Å². The standard InChI is InChI=1S/C17H21NO3/c1-11-9-13(17(19)20)7-8-18(11)10-15-12(2)21-16-6-4-3-5-14(15)16/h3-6,11,13H,7-10H2,1-2H3,(H,19,20). The van der Waals surface area contributed by atoms with Crippen LogP contribution in [0.15, 0.2) is 28.7 Å². The third kappa shape index (κ3) is 2.68. The SMILES string of the molecule is Cc1oc2ccccc2c1CN1CCC(C(=O)O)CC1C. The van der Waals surface area contributed by atoms with E-state index >= 15 is 0 Å². The van der Waals surface area contributed by atoms with Crippen LogP contribution in [0.5, 0.6) is 0 Å². The quantitative estimate of drug-likeness (QED) is 0.939. The Kier molecular flexibility index (Phi) is 3.72. The molecule has 2 aromatic rings. The molecule has 4 nitrogen and oxygen atoms in total. The third-order valence-electron chi connectivity index (χ3n) is 4.62. The van der Waals surface area contributed by atoms with Crippen LogP contribution in [0, 0.1) is 12.8 Å². The van der Waals surface area contributed by atoms with Gasteiger partial charge in [-0.15, -0.1) is 0 Å². The monoisotopic (exact) mass is 287 g/mol. The third-order valence-corrected chi connectivity index (χ3v) is 4.62. The number of aryl methyl sites for hydroxylation is 1. The van der Waals surface area contributed by atoms with E-state index in [0.717, 1.165) is 37.3 Å². The van der Waals surface area contributed by atoms with E-state index in [-0.39, 0.29) is 12.0 Å². The van der Waals surface area contributed by atoms with Crippen molar-refractivity contribution in [1.82, 2.24) is 4.90 Å². The van der Waals surface area contributed by atoms with Gasteiger partial charge in [-0.05, 0) is 39.3 Å². The number of para-hydroxylation sites is 1. The van der Waals surface area contributed by atoms with Crippen LogP contribution in [0.3, 0.4) is 0 Å². The highest BCUT2D eigenvalue weighted by Crippen LogP contribution is 2.30. The molecule has 1 aliphatic rings. The van der Waals surface area contributed by atoms with E-state index in [2.05, 4.69) is 17.9 Å². The summed E-state index contributed by atoms with van der Waals surface area (Å²) in [7, 11) is 0. The summed E-state index contributed by atoms with van der Waals surface area (Å²) in [6.07, 6.45) is 1.46. The van der Waals surface area contributed by atoms with Gasteiger partial charge in [-0.25, -0.2) is 0 Å². The van der Waals surface area contributed by atoms with Crippen molar-refractivity contribution in [1.29, 1.82) is 0 Å². The van der Waals surface area contributed by atoms with E-state index in [1.807, 2.05) is 25.1 Å². The van der Waals surface area contributed by atoms with Crippen molar-refractivity contribution in [2.75, 3.05) is 6.54 Å². The molecule has 1 N–H and O–H groups in total. The molecule has 0 amide bonds. The molecule has 1 aromatic heterocycles. The summed E-state index contributed by atoms with van der Waals surface area (Å²) in [6, 6.07) is 8.38. The number of rotatable bonds is 3. The molecule has 2 heterocycles. The number of piperidine rings is 1. The van der Waals surface area contributed by atoms with Gasteiger partial charge in [-0.3, -0.25) is 9.69 Å². The zero-order valence-corrected chi connectivity index (χ0v) is 12.5. The minimum atomic E-state index is -0.661. The molecule has 3 rings (SSSR count). The second-order valence-electron chi connectivity index (χ2n) is 6.01. The minimum absolute atomic E-state index is 0.196. The molecule has 1 aromatic carbocycles. The summed E-state index contributed by atoms with van der Waals surface area (Å²) in [5, 5.41) is 10.3. The number of benzene rings is 1. The van der Waals surface area contributed by atoms with Gasteiger partial charge in [-0.1, -0.05) is 18.2 Å². The smallest absolute Gasteiger partial charge is 0.306 e. The lowest BCUT2D eigenvalue weighted by Crippen LogP contribution is -2.42. The van der Waals surface area contributed by atoms with E-state index < -0.39 is 5.97 Å². The lowest BCUT2D eigenvalue weighted by Gasteiger charge is -2.36. The van der Waals surface area contributed by atoms with Crippen LogP contribution in [0.25, 0.3) is 11.0 Å². The van der Waals surface area contributed by atoms with Crippen molar-refractivity contribution in [2.45, 2.75) is 39.3 Å². The number of aliphatic carboxylic acids is 1.